The molecular weight excluding hydrogens is 320 g/mol. The first-order valence-electron chi connectivity index (χ1n) is 10.6. The molecule has 0 aliphatic heterocycles. The molecule has 0 spiro atoms. The van der Waals surface area contributed by atoms with Crippen LogP contribution in [0.15, 0.2) is 12.2 Å². The predicted molar refractivity (Wildman–Crippen MR) is 113 cm³/mol. The molecule has 0 fully saturated rings. The monoisotopic (exact) mass is 360 g/mol. The molecule has 1 atom stereocenters. The van der Waals surface area contributed by atoms with Crippen molar-refractivity contribution >= 4 is 0 Å². The third kappa shape index (κ3) is 20.8. The van der Waals surface area contributed by atoms with Crippen LogP contribution in [0.25, 0.3) is 0 Å². The molecular formula is C24H40O2. The predicted octanol–water partition coefficient (Wildman–Crippen LogP) is 5.63. The van der Waals surface area contributed by atoms with E-state index in [9.17, 15) is 5.11 Å². The second kappa shape index (κ2) is 20.1. The number of unbranched alkanes of at least 4 members (excludes halogenated alkanes) is 9. The van der Waals surface area contributed by atoms with Gasteiger partial charge in [0.2, 0.25) is 0 Å². The maximum absolute atomic E-state index is 9.65. The Morgan fingerprint density at radius 2 is 1.27 bits per heavy atom. The second-order valence-corrected chi connectivity index (χ2v) is 7.45. The summed E-state index contributed by atoms with van der Waals surface area (Å²) >= 11 is 0. The van der Waals surface area contributed by atoms with Gasteiger partial charge in [0.05, 0.1) is 0 Å². The SMILES string of the molecule is CC(C)CCCCC=CCCCCCCCCC[C@@H](O)C#CC#CCO. The molecule has 0 amide bonds. The standard InChI is InChI=1S/C24H40O2/c1-23(2)19-15-12-10-8-6-4-3-5-7-9-11-13-16-20-24(26)21-17-14-18-22-25/h6,8,23-26H,3-5,7,9-13,15-16,19-20,22H2,1-2H3/t24-/m1/s1. The van der Waals surface area contributed by atoms with Crippen LogP contribution in [0.3, 0.4) is 0 Å². The van der Waals surface area contributed by atoms with Crippen molar-refractivity contribution in [3.63, 3.8) is 0 Å². The molecule has 0 rings (SSSR count). The summed E-state index contributed by atoms with van der Waals surface area (Å²) in [6.07, 6.45) is 20.1. The zero-order chi connectivity index (χ0) is 19.3. The molecule has 0 aromatic rings. The number of aliphatic hydroxyl groups excluding tert-OH is 2. The smallest absolute Gasteiger partial charge is 0.115 e. The number of hydrogen-bond acceptors (Lipinski definition) is 2. The normalized spacial score (nSPS) is 11.9. The van der Waals surface area contributed by atoms with Crippen molar-refractivity contribution in [2.75, 3.05) is 6.61 Å². The van der Waals surface area contributed by atoms with Crippen molar-refractivity contribution in [3.8, 4) is 23.7 Å². The minimum Gasteiger partial charge on any atom is -0.384 e. The fourth-order valence-electron chi connectivity index (χ4n) is 2.81. The van der Waals surface area contributed by atoms with Gasteiger partial charge in [-0.2, -0.15) is 0 Å². The molecule has 2 nitrogen and oxygen atoms in total. The van der Waals surface area contributed by atoms with E-state index in [1.165, 1.54) is 64.2 Å². The number of hydrogen-bond donors (Lipinski definition) is 2. The molecule has 0 aromatic heterocycles. The van der Waals surface area contributed by atoms with Crippen molar-refractivity contribution < 1.29 is 10.2 Å². The maximum Gasteiger partial charge on any atom is 0.115 e. The molecule has 0 aliphatic carbocycles. The highest BCUT2D eigenvalue weighted by molar-refractivity contribution is 5.27. The van der Waals surface area contributed by atoms with E-state index < -0.39 is 6.10 Å². The van der Waals surface area contributed by atoms with Crippen LogP contribution >= 0.6 is 0 Å². The highest BCUT2D eigenvalue weighted by atomic mass is 16.3. The first kappa shape index (κ1) is 24.8. The van der Waals surface area contributed by atoms with Crippen molar-refractivity contribution in [2.45, 2.75) is 103 Å². The van der Waals surface area contributed by atoms with Crippen molar-refractivity contribution in [3.05, 3.63) is 12.2 Å². The minimum absolute atomic E-state index is 0.181. The van der Waals surface area contributed by atoms with Crippen LogP contribution in [0.2, 0.25) is 0 Å². The first-order chi connectivity index (χ1) is 12.7. The third-order valence-electron chi connectivity index (χ3n) is 4.39. The lowest BCUT2D eigenvalue weighted by Gasteiger charge is -2.03. The molecule has 0 aliphatic rings. The van der Waals surface area contributed by atoms with Crippen LogP contribution in [-0.2, 0) is 0 Å². The fraction of sp³-hybridized carbons (Fsp3) is 0.750. The fourth-order valence-corrected chi connectivity index (χ4v) is 2.81. The lowest BCUT2D eigenvalue weighted by molar-refractivity contribution is 0.217. The van der Waals surface area contributed by atoms with Gasteiger partial charge in [0.15, 0.2) is 0 Å². The summed E-state index contributed by atoms with van der Waals surface area (Å²) in [5.74, 6) is 11.0. The van der Waals surface area contributed by atoms with Crippen LogP contribution in [0.1, 0.15) is 97.3 Å². The van der Waals surface area contributed by atoms with E-state index in [0.717, 1.165) is 25.2 Å². The second-order valence-electron chi connectivity index (χ2n) is 7.45. The number of aliphatic hydroxyl groups is 2. The van der Waals surface area contributed by atoms with Crippen molar-refractivity contribution in [1.82, 2.24) is 0 Å². The van der Waals surface area contributed by atoms with E-state index in [1.807, 2.05) is 0 Å². The van der Waals surface area contributed by atoms with Gasteiger partial charge in [0.25, 0.3) is 0 Å². The molecule has 0 bridgehead atoms. The summed E-state index contributed by atoms with van der Waals surface area (Å²) in [5, 5.41) is 18.1. The van der Waals surface area contributed by atoms with Crippen LogP contribution in [0.4, 0.5) is 0 Å². The van der Waals surface area contributed by atoms with Crippen LogP contribution < -0.4 is 0 Å². The van der Waals surface area contributed by atoms with E-state index in [1.54, 1.807) is 0 Å². The summed E-state index contributed by atoms with van der Waals surface area (Å²) in [4.78, 5) is 0. The van der Waals surface area contributed by atoms with Crippen LogP contribution in [0.5, 0.6) is 0 Å². The van der Waals surface area contributed by atoms with Gasteiger partial charge in [0.1, 0.15) is 12.7 Å². The van der Waals surface area contributed by atoms with E-state index in [2.05, 4.69) is 49.7 Å². The average molecular weight is 361 g/mol. The Balaban J connectivity index is 3.29. The highest BCUT2D eigenvalue weighted by Gasteiger charge is 1.98. The summed E-state index contributed by atoms with van der Waals surface area (Å²) in [6.45, 7) is 4.41. The van der Waals surface area contributed by atoms with Crippen molar-refractivity contribution in [1.29, 1.82) is 0 Å². The molecule has 26 heavy (non-hydrogen) atoms. The molecule has 2 heteroatoms. The summed E-state index contributed by atoms with van der Waals surface area (Å²) in [5.41, 5.74) is 0. The lowest BCUT2D eigenvalue weighted by atomic mass is 10.0. The largest absolute Gasteiger partial charge is 0.384 e. The van der Waals surface area contributed by atoms with Crippen LogP contribution in [-0.4, -0.2) is 22.9 Å². The van der Waals surface area contributed by atoms with Gasteiger partial charge < -0.3 is 10.2 Å². The van der Waals surface area contributed by atoms with Gasteiger partial charge in [-0.1, -0.05) is 82.8 Å². The van der Waals surface area contributed by atoms with Gasteiger partial charge in [-0.3, -0.25) is 0 Å². The minimum atomic E-state index is -0.583. The molecule has 148 valence electrons. The topological polar surface area (TPSA) is 40.5 Å². The molecule has 2 N–H and O–H groups in total. The molecule has 0 aromatic carbocycles. The first-order valence-corrected chi connectivity index (χ1v) is 10.6. The molecule has 0 saturated carbocycles. The van der Waals surface area contributed by atoms with E-state index in [-0.39, 0.29) is 6.61 Å². The Morgan fingerprint density at radius 1 is 0.731 bits per heavy atom. The quantitative estimate of drug-likeness (QED) is 0.226. The van der Waals surface area contributed by atoms with E-state index in [4.69, 9.17) is 5.11 Å². The Kier molecular flexibility index (Phi) is 19.2. The van der Waals surface area contributed by atoms with Gasteiger partial charge in [-0.05, 0) is 56.3 Å². The Labute approximate surface area is 162 Å². The van der Waals surface area contributed by atoms with Crippen molar-refractivity contribution in [2.24, 2.45) is 5.92 Å². The molecule has 0 saturated heterocycles. The maximum atomic E-state index is 9.65. The average Bonchev–Trinajstić information content (AvgIpc) is 2.61. The number of rotatable bonds is 15. The Bertz CT molecular complexity index is 442. The van der Waals surface area contributed by atoms with E-state index >= 15 is 0 Å². The Morgan fingerprint density at radius 3 is 1.88 bits per heavy atom. The van der Waals surface area contributed by atoms with E-state index in [0.29, 0.717) is 0 Å². The van der Waals surface area contributed by atoms with Gasteiger partial charge in [-0.25, -0.2) is 0 Å². The summed E-state index contributed by atoms with van der Waals surface area (Å²) in [7, 11) is 0. The van der Waals surface area contributed by atoms with Gasteiger partial charge in [0, 0.05) is 0 Å². The molecule has 0 unspecified atom stereocenters. The Hall–Kier alpha value is -1.22. The highest BCUT2D eigenvalue weighted by Crippen LogP contribution is 2.12. The molecule has 0 heterocycles. The zero-order valence-electron chi connectivity index (χ0n) is 17.1. The van der Waals surface area contributed by atoms with Crippen LogP contribution in [0, 0.1) is 29.6 Å². The lowest BCUT2D eigenvalue weighted by Crippen LogP contribution is -2.01. The molecule has 0 radical (unpaired) electrons. The number of allylic oxidation sites excluding steroid dienone is 2. The van der Waals surface area contributed by atoms with Gasteiger partial charge in [-0.15, -0.1) is 0 Å². The summed E-state index contributed by atoms with van der Waals surface area (Å²) < 4.78 is 0. The van der Waals surface area contributed by atoms with Gasteiger partial charge >= 0.3 is 0 Å². The third-order valence-corrected chi connectivity index (χ3v) is 4.39. The summed E-state index contributed by atoms with van der Waals surface area (Å²) in [6, 6.07) is 0. The zero-order valence-corrected chi connectivity index (χ0v) is 17.1.